The SMILES string of the molecule is OC(c1ncc(Cl)s1)C1CC1. The van der Waals surface area contributed by atoms with Crippen LogP contribution in [-0.4, -0.2) is 10.1 Å². The molecule has 0 saturated heterocycles. The van der Waals surface area contributed by atoms with E-state index in [-0.39, 0.29) is 6.10 Å². The van der Waals surface area contributed by atoms with Gasteiger partial charge in [0, 0.05) is 0 Å². The molecule has 4 heteroatoms. The Labute approximate surface area is 73.8 Å². The van der Waals surface area contributed by atoms with Gasteiger partial charge in [0.15, 0.2) is 0 Å². The fraction of sp³-hybridized carbons (Fsp3) is 0.571. The van der Waals surface area contributed by atoms with Crippen molar-refractivity contribution in [3.63, 3.8) is 0 Å². The van der Waals surface area contributed by atoms with Crippen LogP contribution in [0.3, 0.4) is 0 Å². The van der Waals surface area contributed by atoms with E-state index in [4.69, 9.17) is 11.6 Å². The van der Waals surface area contributed by atoms with Gasteiger partial charge in [-0.15, -0.1) is 11.3 Å². The predicted octanol–water partition coefficient (Wildman–Crippen LogP) is 2.24. The van der Waals surface area contributed by atoms with Crippen molar-refractivity contribution < 1.29 is 5.11 Å². The van der Waals surface area contributed by atoms with Gasteiger partial charge in [-0.3, -0.25) is 0 Å². The lowest BCUT2D eigenvalue weighted by molar-refractivity contribution is 0.153. The molecule has 60 valence electrons. The van der Waals surface area contributed by atoms with Crippen LogP contribution in [0.25, 0.3) is 0 Å². The Kier molecular flexibility index (Phi) is 1.87. The van der Waals surface area contributed by atoms with Crippen molar-refractivity contribution in [2.24, 2.45) is 5.92 Å². The third-order valence-corrected chi connectivity index (χ3v) is 3.00. The van der Waals surface area contributed by atoms with Crippen molar-refractivity contribution in [1.82, 2.24) is 4.98 Å². The van der Waals surface area contributed by atoms with E-state index >= 15 is 0 Å². The second kappa shape index (κ2) is 2.73. The average molecular weight is 190 g/mol. The minimum Gasteiger partial charge on any atom is -0.386 e. The molecule has 0 amide bonds. The van der Waals surface area contributed by atoms with Crippen molar-refractivity contribution >= 4 is 22.9 Å². The summed E-state index contributed by atoms with van der Waals surface area (Å²) in [4.78, 5) is 4.01. The van der Waals surface area contributed by atoms with Crippen LogP contribution >= 0.6 is 22.9 Å². The fourth-order valence-corrected chi connectivity index (χ4v) is 2.03. The summed E-state index contributed by atoms with van der Waals surface area (Å²) in [5.74, 6) is 0.442. The van der Waals surface area contributed by atoms with E-state index in [1.165, 1.54) is 11.3 Å². The summed E-state index contributed by atoms with van der Waals surface area (Å²) in [7, 11) is 0. The van der Waals surface area contributed by atoms with Crippen LogP contribution in [0.15, 0.2) is 6.20 Å². The number of thiazole rings is 1. The third-order valence-electron chi connectivity index (χ3n) is 1.82. The summed E-state index contributed by atoms with van der Waals surface area (Å²) < 4.78 is 0.653. The first kappa shape index (κ1) is 7.53. The molecule has 0 aliphatic heterocycles. The number of aliphatic hydroxyl groups excluding tert-OH is 1. The molecule has 1 aromatic rings. The largest absolute Gasteiger partial charge is 0.386 e. The van der Waals surface area contributed by atoms with Crippen LogP contribution < -0.4 is 0 Å². The van der Waals surface area contributed by atoms with E-state index in [2.05, 4.69) is 4.98 Å². The minimum atomic E-state index is -0.368. The normalized spacial score (nSPS) is 20.2. The second-order valence-corrected chi connectivity index (χ2v) is 4.48. The standard InChI is InChI=1S/C7H8ClNOS/c8-5-3-9-7(11-5)6(10)4-1-2-4/h3-4,6,10H,1-2H2. The number of hydrogen-bond acceptors (Lipinski definition) is 3. The van der Waals surface area contributed by atoms with Gasteiger partial charge in [0.2, 0.25) is 0 Å². The smallest absolute Gasteiger partial charge is 0.123 e. The molecule has 2 rings (SSSR count). The Morgan fingerprint density at radius 1 is 1.73 bits per heavy atom. The van der Waals surface area contributed by atoms with Gasteiger partial charge in [-0.05, 0) is 18.8 Å². The molecular formula is C7H8ClNOS. The molecule has 1 N–H and O–H groups in total. The highest BCUT2D eigenvalue weighted by Crippen LogP contribution is 2.42. The summed E-state index contributed by atoms with van der Waals surface area (Å²) in [5, 5.41) is 10.3. The van der Waals surface area contributed by atoms with Crippen molar-refractivity contribution in [3.05, 3.63) is 15.5 Å². The van der Waals surface area contributed by atoms with Crippen LogP contribution in [0.2, 0.25) is 4.34 Å². The van der Waals surface area contributed by atoms with Crippen LogP contribution in [-0.2, 0) is 0 Å². The van der Waals surface area contributed by atoms with Crippen LogP contribution in [0.1, 0.15) is 24.0 Å². The van der Waals surface area contributed by atoms with Crippen molar-refractivity contribution in [2.75, 3.05) is 0 Å². The van der Waals surface area contributed by atoms with Gasteiger partial charge in [-0.2, -0.15) is 0 Å². The first-order chi connectivity index (χ1) is 5.27. The van der Waals surface area contributed by atoms with Gasteiger partial charge >= 0.3 is 0 Å². The second-order valence-electron chi connectivity index (χ2n) is 2.78. The fourth-order valence-electron chi connectivity index (χ4n) is 1.02. The maximum Gasteiger partial charge on any atom is 0.123 e. The van der Waals surface area contributed by atoms with Crippen LogP contribution in [0, 0.1) is 5.92 Å². The lowest BCUT2D eigenvalue weighted by Gasteiger charge is -2.02. The first-order valence-corrected chi connectivity index (χ1v) is 4.76. The zero-order valence-electron chi connectivity index (χ0n) is 5.83. The summed E-state index contributed by atoms with van der Waals surface area (Å²) in [6.45, 7) is 0. The van der Waals surface area contributed by atoms with E-state index in [9.17, 15) is 5.11 Å². The zero-order valence-corrected chi connectivity index (χ0v) is 7.40. The van der Waals surface area contributed by atoms with Gasteiger partial charge in [-0.25, -0.2) is 4.98 Å². The quantitative estimate of drug-likeness (QED) is 0.774. The maximum atomic E-state index is 9.56. The summed E-state index contributed by atoms with van der Waals surface area (Å²) in [6, 6.07) is 0. The molecule has 0 bridgehead atoms. The minimum absolute atomic E-state index is 0.368. The Hall–Kier alpha value is -0.120. The Bertz CT molecular complexity index is 259. The molecule has 0 radical (unpaired) electrons. The number of hydrogen-bond donors (Lipinski definition) is 1. The maximum absolute atomic E-state index is 9.56. The molecule has 1 heterocycles. The number of aliphatic hydroxyl groups is 1. The Balaban J connectivity index is 2.14. The molecule has 0 spiro atoms. The van der Waals surface area contributed by atoms with Crippen LogP contribution in [0.5, 0.6) is 0 Å². The number of halogens is 1. The number of aromatic nitrogens is 1. The first-order valence-electron chi connectivity index (χ1n) is 3.56. The predicted molar refractivity (Wildman–Crippen MR) is 44.8 cm³/mol. The molecule has 1 aliphatic carbocycles. The molecule has 1 aliphatic rings. The highest BCUT2D eigenvalue weighted by atomic mass is 35.5. The van der Waals surface area contributed by atoms with Crippen molar-refractivity contribution in [3.8, 4) is 0 Å². The van der Waals surface area contributed by atoms with Gasteiger partial charge in [-0.1, -0.05) is 11.6 Å². The molecule has 0 aromatic carbocycles. The molecule has 11 heavy (non-hydrogen) atoms. The Morgan fingerprint density at radius 3 is 2.91 bits per heavy atom. The monoisotopic (exact) mass is 189 g/mol. The topological polar surface area (TPSA) is 33.1 Å². The highest BCUT2D eigenvalue weighted by molar-refractivity contribution is 7.15. The van der Waals surface area contributed by atoms with Crippen LogP contribution in [0.4, 0.5) is 0 Å². The van der Waals surface area contributed by atoms with Gasteiger partial charge in [0.05, 0.1) is 6.20 Å². The van der Waals surface area contributed by atoms with Gasteiger partial charge < -0.3 is 5.11 Å². The van der Waals surface area contributed by atoms with E-state index in [1.807, 2.05) is 0 Å². The average Bonchev–Trinajstić information content (AvgIpc) is 2.74. The van der Waals surface area contributed by atoms with E-state index in [0.29, 0.717) is 10.3 Å². The molecule has 1 fully saturated rings. The van der Waals surface area contributed by atoms with Gasteiger partial charge in [0.25, 0.3) is 0 Å². The van der Waals surface area contributed by atoms with E-state index in [0.717, 1.165) is 17.8 Å². The van der Waals surface area contributed by atoms with Crippen molar-refractivity contribution in [2.45, 2.75) is 18.9 Å². The van der Waals surface area contributed by atoms with E-state index < -0.39 is 0 Å². The molecule has 1 unspecified atom stereocenters. The lowest BCUT2D eigenvalue weighted by atomic mass is 10.2. The number of nitrogens with zero attached hydrogens (tertiary/aromatic N) is 1. The molecule has 2 nitrogen and oxygen atoms in total. The number of rotatable bonds is 2. The highest BCUT2D eigenvalue weighted by Gasteiger charge is 2.32. The van der Waals surface area contributed by atoms with Crippen molar-refractivity contribution in [1.29, 1.82) is 0 Å². The lowest BCUT2D eigenvalue weighted by Crippen LogP contribution is -1.97. The van der Waals surface area contributed by atoms with E-state index in [1.54, 1.807) is 6.20 Å². The Morgan fingerprint density at radius 2 is 2.45 bits per heavy atom. The molecule has 1 aromatic heterocycles. The summed E-state index contributed by atoms with van der Waals surface area (Å²) in [6.07, 6.45) is 3.47. The molecule has 1 saturated carbocycles. The summed E-state index contributed by atoms with van der Waals surface area (Å²) >= 11 is 7.04. The molecular weight excluding hydrogens is 182 g/mol. The summed E-state index contributed by atoms with van der Waals surface area (Å²) in [5.41, 5.74) is 0. The van der Waals surface area contributed by atoms with Gasteiger partial charge in [0.1, 0.15) is 15.4 Å². The molecule has 1 atom stereocenters. The zero-order chi connectivity index (χ0) is 7.84. The third kappa shape index (κ3) is 1.55.